The predicted octanol–water partition coefficient (Wildman–Crippen LogP) is 3.59. The summed E-state index contributed by atoms with van der Waals surface area (Å²) in [5, 5.41) is 4.92. The molecule has 2 aromatic carbocycles. The van der Waals surface area contributed by atoms with Gasteiger partial charge in [0, 0.05) is 23.3 Å². The average Bonchev–Trinajstić information content (AvgIpc) is 3.10. The summed E-state index contributed by atoms with van der Waals surface area (Å²) < 4.78 is 12.2. The molecule has 1 atom stereocenters. The molecule has 0 spiro atoms. The molecule has 4 rings (SSSR count). The van der Waals surface area contributed by atoms with E-state index in [1.54, 1.807) is 17.7 Å². The molecule has 0 saturated carbocycles. The Morgan fingerprint density at radius 1 is 1.21 bits per heavy atom. The largest absolute Gasteiger partial charge is 0.460 e. The van der Waals surface area contributed by atoms with Gasteiger partial charge in [-0.1, -0.05) is 41.9 Å². The van der Waals surface area contributed by atoms with Crippen LogP contribution in [0.25, 0.3) is 5.69 Å². The van der Waals surface area contributed by atoms with E-state index in [0.717, 1.165) is 11.1 Å². The number of hydrogen-bond donors (Lipinski definition) is 0. The van der Waals surface area contributed by atoms with Crippen molar-refractivity contribution in [2.24, 2.45) is 4.99 Å². The number of rotatable bonds is 4. The zero-order valence-electron chi connectivity index (χ0n) is 15.3. The molecule has 2 heterocycles. The second kappa shape index (κ2) is 7.53. The lowest BCUT2D eigenvalue weighted by molar-refractivity contribution is 0.0511. The van der Waals surface area contributed by atoms with E-state index in [0.29, 0.717) is 22.2 Å². The number of fused-ring (bicyclic) bond motifs is 3. The molecule has 28 heavy (non-hydrogen) atoms. The topological polar surface area (TPSA) is 78.6 Å². The summed E-state index contributed by atoms with van der Waals surface area (Å²) in [6.45, 7) is 1.96. The van der Waals surface area contributed by atoms with Gasteiger partial charge < -0.3 is 9.47 Å². The normalized spacial score (nSPS) is 15.2. The Labute approximate surface area is 166 Å². The number of ether oxygens (including phenoxy) is 2. The first-order chi connectivity index (χ1) is 13.6. The van der Waals surface area contributed by atoms with Gasteiger partial charge in [-0.25, -0.2) is 19.5 Å². The van der Waals surface area contributed by atoms with Gasteiger partial charge in [0.1, 0.15) is 0 Å². The standard InChI is InChI=1S/C20H17ClN4O3/c1-3-28-20(26)17-23-18-19(27-2)22-16(12-7-5-4-6-8-12)14-11-13(21)9-10-15(14)25(18)24-17/h4-11,19H,3H2,1-2H3. The number of carbonyl (C=O) groups is 1. The van der Waals surface area contributed by atoms with Gasteiger partial charge in [0.2, 0.25) is 6.23 Å². The Bertz CT molecular complexity index is 1060. The highest BCUT2D eigenvalue weighted by Crippen LogP contribution is 2.31. The highest BCUT2D eigenvalue weighted by molar-refractivity contribution is 6.31. The molecule has 1 aromatic heterocycles. The Morgan fingerprint density at radius 2 is 2.00 bits per heavy atom. The first-order valence-electron chi connectivity index (χ1n) is 8.72. The van der Waals surface area contributed by atoms with Crippen molar-refractivity contribution in [3.63, 3.8) is 0 Å². The quantitative estimate of drug-likeness (QED) is 0.629. The third-order valence-corrected chi connectivity index (χ3v) is 4.50. The molecule has 0 N–H and O–H groups in total. The van der Waals surface area contributed by atoms with Crippen LogP contribution in [-0.4, -0.2) is 40.2 Å². The van der Waals surface area contributed by atoms with Crippen LogP contribution in [-0.2, 0) is 9.47 Å². The van der Waals surface area contributed by atoms with Gasteiger partial charge in [-0.2, -0.15) is 0 Å². The van der Waals surface area contributed by atoms with Crippen LogP contribution in [0.1, 0.15) is 40.7 Å². The predicted molar refractivity (Wildman–Crippen MR) is 104 cm³/mol. The van der Waals surface area contributed by atoms with Crippen LogP contribution in [0.2, 0.25) is 5.02 Å². The fourth-order valence-electron chi connectivity index (χ4n) is 3.05. The second-order valence-corrected chi connectivity index (χ2v) is 6.46. The van der Waals surface area contributed by atoms with Crippen LogP contribution in [0.3, 0.4) is 0 Å². The molecule has 8 heteroatoms. The van der Waals surface area contributed by atoms with E-state index in [4.69, 9.17) is 26.1 Å². The third kappa shape index (κ3) is 3.19. The van der Waals surface area contributed by atoms with Crippen LogP contribution in [0, 0.1) is 0 Å². The number of benzene rings is 2. The summed E-state index contributed by atoms with van der Waals surface area (Å²) in [5.74, 6) is -0.251. The van der Waals surface area contributed by atoms with E-state index >= 15 is 0 Å². The maximum absolute atomic E-state index is 12.1. The molecule has 0 radical (unpaired) electrons. The van der Waals surface area contributed by atoms with E-state index in [-0.39, 0.29) is 12.4 Å². The monoisotopic (exact) mass is 396 g/mol. The first-order valence-corrected chi connectivity index (χ1v) is 9.10. The smallest absolute Gasteiger partial charge is 0.378 e. The molecule has 0 bridgehead atoms. The fraction of sp³-hybridized carbons (Fsp3) is 0.200. The highest BCUT2D eigenvalue weighted by atomic mass is 35.5. The molecule has 1 aliphatic rings. The molecule has 0 aliphatic carbocycles. The van der Waals surface area contributed by atoms with E-state index < -0.39 is 12.2 Å². The Kier molecular flexibility index (Phi) is 4.93. The zero-order chi connectivity index (χ0) is 19.7. The minimum atomic E-state index is -0.753. The van der Waals surface area contributed by atoms with Crippen molar-refractivity contribution in [3.05, 3.63) is 76.3 Å². The fourth-order valence-corrected chi connectivity index (χ4v) is 3.23. The molecule has 1 aliphatic heterocycles. The lowest BCUT2D eigenvalue weighted by Crippen LogP contribution is -2.10. The molecule has 3 aromatic rings. The van der Waals surface area contributed by atoms with E-state index in [1.807, 2.05) is 42.5 Å². The van der Waals surface area contributed by atoms with Gasteiger partial charge >= 0.3 is 5.97 Å². The summed E-state index contributed by atoms with van der Waals surface area (Å²) in [7, 11) is 1.53. The molecule has 0 fully saturated rings. The molecular weight excluding hydrogens is 380 g/mol. The number of halogens is 1. The van der Waals surface area contributed by atoms with Crippen molar-refractivity contribution in [2.45, 2.75) is 13.2 Å². The Hall–Kier alpha value is -3.03. The first kappa shape index (κ1) is 18.3. The van der Waals surface area contributed by atoms with Crippen molar-refractivity contribution >= 4 is 23.3 Å². The maximum atomic E-state index is 12.1. The van der Waals surface area contributed by atoms with Gasteiger partial charge in [0.05, 0.1) is 18.0 Å². The van der Waals surface area contributed by atoms with Gasteiger partial charge in [0.15, 0.2) is 5.82 Å². The van der Waals surface area contributed by atoms with E-state index in [1.165, 1.54) is 7.11 Å². The van der Waals surface area contributed by atoms with Gasteiger partial charge in [-0.05, 0) is 25.1 Å². The number of nitrogens with zero attached hydrogens (tertiary/aromatic N) is 4. The van der Waals surface area contributed by atoms with Crippen molar-refractivity contribution in [1.82, 2.24) is 14.8 Å². The third-order valence-electron chi connectivity index (χ3n) is 4.27. The van der Waals surface area contributed by atoms with Gasteiger partial charge in [-0.3, -0.25) is 0 Å². The summed E-state index contributed by atoms with van der Waals surface area (Å²) >= 11 is 6.27. The SMILES string of the molecule is CCOC(=O)c1nc2n(n1)-c1ccc(Cl)cc1C(c1ccccc1)=NC2OC. The van der Waals surface area contributed by atoms with Crippen molar-refractivity contribution in [2.75, 3.05) is 13.7 Å². The number of hydrogen-bond acceptors (Lipinski definition) is 6. The van der Waals surface area contributed by atoms with Crippen molar-refractivity contribution in [1.29, 1.82) is 0 Å². The van der Waals surface area contributed by atoms with Crippen LogP contribution < -0.4 is 0 Å². The van der Waals surface area contributed by atoms with Crippen LogP contribution in [0.4, 0.5) is 0 Å². The average molecular weight is 397 g/mol. The number of aliphatic imine (C=N–C) groups is 1. The number of esters is 1. The molecule has 1 unspecified atom stereocenters. The number of carbonyl (C=O) groups excluding carboxylic acids is 1. The Morgan fingerprint density at radius 3 is 2.71 bits per heavy atom. The van der Waals surface area contributed by atoms with Crippen molar-refractivity contribution < 1.29 is 14.3 Å². The molecule has 0 amide bonds. The van der Waals surface area contributed by atoms with Gasteiger partial charge in [0.25, 0.3) is 5.82 Å². The van der Waals surface area contributed by atoms with E-state index in [9.17, 15) is 4.79 Å². The second-order valence-electron chi connectivity index (χ2n) is 6.02. The minimum absolute atomic E-state index is 0.0434. The molecule has 7 nitrogen and oxygen atoms in total. The minimum Gasteiger partial charge on any atom is -0.460 e. The summed E-state index contributed by atoms with van der Waals surface area (Å²) in [5.41, 5.74) is 3.07. The van der Waals surface area contributed by atoms with Crippen molar-refractivity contribution in [3.8, 4) is 5.69 Å². The molecular formula is C20H17ClN4O3. The maximum Gasteiger partial charge on any atom is 0.378 e. The Balaban J connectivity index is 1.96. The molecule has 142 valence electrons. The van der Waals surface area contributed by atoms with Gasteiger partial charge in [-0.15, -0.1) is 5.10 Å². The summed E-state index contributed by atoms with van der Waals surface area (Å²) in [6.07, 6.45) is -0.753. The highest BCUT2D eigenvalue weighted by Gasteiger charge is 2.30. The summed E-state index contributed by atoms with van der Waals surface area (Å²) in [4.78, 5) is 21.2. The lowest BCUT2D eigenvalue weighted by Gasteiger charge is -2.11. The van der Waals surface area contributed by atoms with Crippen LogP contribution in [0.5, 0.6) is 0 Å². The number of methoxy groups -OCH3 is 1. The van der Waals surface area contributed by atoms with Crippen LogP contribution >= 0.6 is 11.6 Å². The summed E-state index contributed by atoms with van der Waals surface area (Å²) in [6, 6.07) is 15.1. The lowest BCUT2D eigenvalue weighted by atomic mass is 10.0. The zero-order valence-corrected chi connectivity index (χ0v) is 16.1. The number of aromatic nitrogens is 3. The van der Waals surface area contributed by atoms with Crippen LogP contribution in [0.15, 0.2) is 53.5 Å². The van der Waals surface area contributed by atoms with E-state index in [2.05, 4.69) is 10.1 Å². The molecule has 0 saturated heterocycles.